The van der Waals surface area contributed by atoms with Crippen molar-refractivity contribution in [1.29, 1.82) is 5.26 Å². The summed E-state index contributed by atoms with van der Waals surface area (Å²) in [7, 11) is 3.19. The van der Waals surface area contributed by atoms with Gasteiger partial charge in [0, 0.05) is 48.7 Å². The molecule has 40 heavy (non-hydrogen) atoms. The van der Waals surface area contributed by atoms with Gasteiger partial charge in [-0.3, -0.25) is 0 Å². The maximum atomic E-state index is 9.97. The van der Waals surface area contributed by atoms with Gasteiger partial charge in [0.05, 0.1) is 32.4 Å². The zero-order chi connectivity index (χ0) is 29.1. The minimum Gasteiger partial charge on any atom is -0.496 e. The van der Waals surface area contributed by atoms with Gasteiger partial charge in [0.1, 0.15) is 11.5 Å². The Morgan fingerprint density at radius 2 is 1.18 bits per heavy atom. The van der Waals surface area contributed by atoms with Crippen LogP contribution in [0.5, 0.6) is 11.5 Å². The topological polar surface area (TPSA) is 53.1 Å². The lowest BCUT2D eigenvalue weighted by Gasteiger charge is -2.21. The summed E-state index contributed by atoms with van der Waals surface area (Å²) in [5.74, 6) is 1.17. The molecule has 0 fully saturated rings. The van der Waals surface area contributed by atoms with Crippen molar-refractivity contribution in [3.63, 3.8) is 0 Å². The number of hydrogen-bond acceptors (Lipinski definition) is 5. The molecule has 0 N–H and O–H groups in total. The molecule has 0 radical (unpaired) electrons. The van der Waals surface area contributed by atoms with Crippen LogP contribution in [0.4, 0.5) is 11.4 Å². The van der Waals surface area contributed by atoms with Crippen LogP contribution in [0.1, 0.15) is 49.9 Å². The smallest absolute Gasteiger partial charge is 0.195 e. The van der Waals surface area contributed by atoms with E-state index in [-0.39, 0.29) is 0 Å². The number of benzene rings is 3. The Balaban J connectivity index is 2.01. The molecule has 3 aromatic rings. The zero-order valence-electron chi connectivity index (χ0n) is 24.4. The molecule has 3 aromatic carbocycles. The van der Waals surface area contributed by atoms with E-state index in [1.54, 1.807) is 14.2 Å². The summed E-state index contributed by atoms with van der Waals surface area (Å²) in [6, 6.07) is 22.1. The Bertz CT molecular complexity index is 1310. The minimum absolute atomic E-state index is 0.501. The second-order valence-corrected chi connectivity index (χ2v) is 9.09. The molecule has 0 heterocycles. The molecule has 0 amide bonds. The van der Waals surface area contributed by atoms with Crippen LogP contribution < -0.4 is 19.3 Å². The molecule has 6 nitrogen and oxygen atoms in total. The highest BCUT2D eigenvalue weighted by molar-refractivity contribution is 5.92. The molecule has 0 aromatic heterocycles. The van der Waals surface area contributed by atoms with Crippen molar-refractivity contribution in [2.75, 3.05) is 50.2 Å². The maximum absolute atomic E-state index is 9.97. The molecule has 0 unspecified atom stereocenters. The lowest BCUT2D eigenvalue weighted by molar-refractivity contribution is 0.401. The second-order valence-electron chi connectivity index (χ2n) is 9.09. The van der Waals surface area contributed by atoms with Gasteiger partial charge in [0.2, 0.25) is 0 Å². The maximum Gasteiger partial charge on any atom is 0.195 e. The third-order valence-corrected chi connectivity index (χ3v) is 7.01. The van der Waals surface area contributed by atoms with Crippen molar-refractivity contribution >= 4 is 34.8 Å². The first-order valence-electron chi connectivity index (χ1n) is 13.6. The van der Waals surface area contributed by atoms with Crippen LogP contribution in [0.3, 0.4) is 0 Å². The van der Waals surface area contributed by atoms with Crippen LogP contribution in [0.25, 0.3) is 28.3 Å². The standard InChI is InChI=1S/C34H38N4O2/c1-8-37(9-2)30-16-12-25(13-17-30)29(24-35)20-27-22-34(40-7)28(23-33(27)39-6)21-32(36-5)26-14-18-31(19-15-26)38(10-3)11-4/h12-23H,8-11H2,1-4,6-7H3/b29-20+,32-21-. The summed E-state index contributed by atoms with van der Waals surface area (Å²) in [5, 5.41) is 9.97. The van der Waals surface area contributed by atoms with E-state index >= 15 is 0 Å². The summed E-state index contributed by atoms with van der Waals surface area (Å²) in [5.41, 5.74) is 6.36. The van der Waals surface area contributed by atoms with Crippen molar-refractivity contribution in [2.24, 2.45) is 0 Å². The Labute approximate surface area is 239 Å². The van der Waals surface area contributed by atoms with E-state index in [1.807, 2.05) is 72.8 Å². The fourth-order valence-electron chi connectivity index (χ4n) is 4.71. The van der Waals surface area contributed by atoms with Crippen LogP contribution in [-0.4, -0.2) is 40.4 Å². The quantitative estimate of drug-likeness (QED) is 0.134. The van der Waals surface area contributed by atoms with Crippen molar-refractivity contribution in [1.82, 2.24) is 0 Å². The fraction of sp³-hybridized carbons (Fsp3) is 0.294. The molecule has 0 aliphatic rings. The van der Waals surface area contributed by atoms with E-state index in [0.717, 1.165) is 54.2 Å². The van der Waals surface area contributed by atoms with Gasteiger partial charge in [0.15, 0.2) is 5.70 Å². The average molecular weight is 535 g/mol. The van der Waals surface area contributed by atoms with Crippen LogP contribution in [-0.2, 0) is 0 Å². The van der Waals surface area contributed by atoms with Crippen LogP contribution >= 0.6 is 0 Å². The van der Waals surface area contributed by atoms with Gasteiger partial charge < -0.3 is 19.3 Å². The lowest BCUT2D eigenvalue weighted by Crippen LogP contribution is -2.21. The molecule has 206 valence electrons. The van der Waals surface area contributed by atoms with Gasteiger partial charge in [-0.05, 0) is 87.4 Å². The van der Waals surface area contributed by atoms with E-state index in [2.05, 4.69) is 48.4 Å². The number of anilines is 2. The molecular weight excluding hydrogens is 496 g/mol. The highest BCUT2D eigenvalue weighted by atomic mass is 16.5. The highest BCUT2D eigenvalue weighted by Gasteiger charge is 2.13. The first-order valence-corrected chi connectivity index (χ1v) is 13.6. The Kier molecular flexibility index (Phi) is 10.8. The Morgan fingerprint density at radius 1 is 0.750 bits per heavy atom. The predicted octanol–water partition coefficient (Wildman–Crippen LogP) is 7.88. The van der Waals surface area contributed by atoms with Gasteiger partial charge in [0.25, 0.3) is 0 Å². The third kappa shape index (κ3) is 6.84. The largest absolute Gasteiger partial charge is 0.496 e. The Morgan fingerprint density at radius 3 is 1.55 bits per heavy atom. The molecule has 6 heteroatoms. The minimum atomic E-state index is 0.501. The first-order chi connectivity index (χ1) is 19.5. The summed E-state index contributed by atoms with van der Waals surface area (Å²) >= 11 is 0. The van der Waals surface area contributed by atoms with Crippen molar-refractivity contribution in [3.8, 4) is 17.6 Å². The fourth-order valence-corrected chi connectivity index (χ4v) is 4.71. The van der Waals surface area contributed by atoms with Gasteiger partial charge in [-0.1, -0.05) is 24.3 Å². The zero-order valence-corrected chi connectivity index (χ0v) is 24.4. The number of nitriles is 1. The van der Waals surface area contributed by atoms with E-state index in [1.165, 1.54) is 0 Å². The van der Waals surface area contributed by atoms with Crippen LogP contribution in [0, 0.1) is 17.9 Å². The number of methoxy groups -OCH3 is 2. The monoisotopic (exact) mass is 534 g/mol. The molecule has 0 atom stereocenters. The molecule has 0 saturated heterocycles. The number of allylic oxidation sites excluding steroid dienone is 1. The molecule has 3 rings (SSSR count). The SMILES string of the molecule is [C-]#[N+]/C(=C\c1cc(OC)c(/C=C(\C#N)c2ccc(N(CC)CC)cc2)cc1OC)c1ccc(N(CC)CC)cc1. The van der Waals surface area contributed by atoms with Gasteiger partial charge in [-0.15, -0.1) is 0 Å². The summed E-state index contributed by atoms with van der Waals surface area (Å²) in [6.45, 7) is 20.0. The van der Waals surface area contributed by atoms with E-state index in [9.17, 15) is 5.26 Å². The predicted molar refractivity (Wildman–Crippen MR) is 168 cm³/mol. The number of hydrogen-bond donors (Lipinski definition) is 0. The molecule has 0 saturated carbocycles. The van der Waals surface area contributed by atoms with E-state index in [0.29, 0.717) is 28.3 Å². The molecule has 0 spiro atoms. The van der Waals surface area contributed by atoms with Crippen LogP contribution in [0.15, 0.2) is 60.7 Å². The van der Waals surface area contributed by atoms with Crippen LogP contribution in [0.2, 0.25) is 0 Å². The summed E-state index contributed by atoms with van der Waals surface area (Å²) < 4.78 is 11.4. The number of ether oxygens (including phenoxy) is 2. The Hall–Kier alpha value is -4.68. The summed E-state index contributed by atoms with van der Waals surface area (Å²) in [4.78, 5) is 8.32. The van der Waals surface area contributed by atoms with Gasteiger partial charge in [-0.2, -0.15) is 5.26 Å². The average Bonchev–Trinajstić information content (AvgIpc) is 3.00. The second kappa shape index (κ2) is 14.5. The van der Waals surface area contributed by atoms with Crippen molar-refractivity contribution in [3.05, 3.63) is 94.3 Å². The number of nitrogens with zero attached hydrogens (tertiary/aromatic N) is 4. The normalized spacial score (nSPS) is 11.4. The van der Waals surface area contributed by atoms with E-state index in [4.69, 9.17) is 16.0 Å². The molecule has 0 aliphatic carbocycles. The first kappa shape index (κ1) is 29.9. The third-order valence-electron chi connectivity index (χ3n) is 7.01. The van der Waals surface area contributed by atoms with Crippen molar-refractivity contribution in [2.45, 2.75) is 27.7 Å². The molecule has 0 bridgehead atoms. The molecule has 0 aliphatic heterocycles. The lowest BCUT2D eigenvalue weighted by atomic mass is 10.0. The van der Waals surface area contributed by atoms with Crippen molar-refractivity contribution < 1.29 is 9.47 Å². The number of rotatable bonds is 12. The van der Waals surface area contributed by atoms with Gasteiger partial charge >= 0.3 is 0 Å². The van der Waals surface area contributed by atoms with E-state index < -0.39 is 0 Å². The molecular formula is C34H38N4O2. The summed E-state index contributed by atoms with van der Waals surface area (Å²) in [6.07, 6.45) is 3.62. The van der Waals surface area contributed by atoms with Gasteiger partial charge in [-0.25, -0.2) is 4.85 Å². The highest BCUT2D eigenvalue weighted by Crippen LogP contribution is 2.35.